The molecule has 82 valence electrons. The van der Waals surface area contributed by atoms with Crippen molar-refractivity contribution in [2.75, 3.05) is 7.11 Å². The zero-order valence-electron chi connectivity index (χ0n) is 8.92. The van der Waals surface area contributed by atoms with Crippen LogP contribution in [0.15, 0.2) is 36.7 Å². The van der Waals surface area contributed by atoms with E-state index in [2.05, 4.69) is 9.97 Å². The highest BCUT2D eigenvalue weighted by atomic mass is 16.5. The maximum absolute atomic E-state index is 9.33. The van der Waals surface area contributed by atoms with Gasteiger partial charge in [0.25, 0.3) is 0 Å². The van der Waals surface area contributed by atoms with Gasteiger partial charge >= 0.3 is 0 Å². The Morgan fingerprint density at radius 1 is 1.19 bits per heavy atom. The van der Waals surface area contributed by atoms with Gasteiger partial charge in [0.05, 0.1) is 25.0 Å². The maximum Gasteiger partial charge on any atom is 0.222 e. The van der Waals surface area contributed by atoms with Crippen molar-refractivity contribution in [3.63, 3.8) is 0 Å². The molecule has 0 saturated heterocycles. The molecule has 1 N–H and O–H groups in total. The highest BCUT2D eigenvalue weighted by Crippen LogP contribution is 2.26. The van der Waals surface area contributed by atoms with Crippen molar-refractivity contribution in [2.45, 2.75) is 6.61 Å². The Bertz CT molecular complexity index is 472. The minimum atomic E-state index is -0.145. The van der Waals surface area contributed by atoms with Gasteiger partial charge in [0, 0.05) is 5.56 Å². The summed E-state index contributed by atoms with van der Waals surface area (Å²) >= 11 is 0. The molecule has 0 atom stereocenters. The number of hydrogen-bond acceptors (Lipinski definition) is 4. The van der Waals surface area contributed by atoms with E-state index in [0.717, 1.165) is 5.56 Å². The SMILES string of the molecule is COc1ncnc(-c2ccccc2)c1CO. The van der Waals surface area contributed by atoms with Crippen LogP contribution in [0.4, 0.5) is 0 Å². The largest absolute Gasteiger partial charge is 0.481 e. The van der Waals surface area contributed by atoms with E-state index in [0.29, 0.717) is 17.1 Å². The third-order valence-corrected chi connectivity index (χ3v) is 2.30. The van der Waals surface area contributed by atoms with E-state index in [1.54, 1.807) is 0 Å². The van der Waals surface area contributed by atoms with E-state index >= 15 is 0 Å². The first-order valence-corrected chi connectivity index (χ1v) is 4.91. The molecule has 0 aliphatic rings. The van der Waals surface area contributed by atoms with Crippen LogP contribution in [0.2, 0.25) is 0 Å². The van der Waals surface area contributed by atoms with Gasteiger partial charge in [-0.1, -0.05) is 30.3 Å². The number of aromatic nitrogens is 2. The summed E-state index contributed by atoms with van der Waals surface area (Å²) in [5.41, 5.74) is 2.25. The smallest absolute Gasteiger partial charge is 0.222 e. The number of benzene rings is 1. The Kier molecular flexibility index (Phi) is 3.12. The van der Waals surface area contributed by atoms with Crippen LogP contribution in [0.25, 0.3) is 11.3 Å². The van der Waals surface area contributed by atoms with E-state index in [4.69, 9.17) is 4.74 Å². The highest BCUT2D eigenvalue weighted by Gasteiger charge is 2.12. The number of aliphatic hydroxyl groups excluding tert-OH is 1. The van der Waals surface area contributed by atoms with Crippen molar-refractivity contribution >= 4 is 0 Å². The predicted octanol–water partition coefficient (Wildman–Crippen LogP) is 1.64. The Morgan fingerprint density at radius 2 is 1.94 bits per heavy atom. The second-order valence-corrected chi connectivity index (χ2v) is 3.23. The Morgan fingerprint density at radius 3 is 2.56 bits per heavy atom. The van der Waals surface area contributed by atoms with Crippen molar-refractivity contribution < 1.29 is 9.84 Å². The Balaban J connectivity index is 2.57. The van der Waals surface area contributed by atoms with Crippen molar-refractivity contribution in [3.8, 4) is 17.1 Å². The third-order valence-electron chi connectivity index (χ3n) is 2.30. The van der Waals surface area contributed by atoms with Crippen LogP contribution in [0.3, 0.4) is 0 Å². The van der Waals surface area contributed by atoms with Crippen LogP contribution in [0.5, 0.6) is 5.88 Å². The molecule has 0 radical (unpaired) electrons. The van der Waals surface area contributed by atoms with Gasteiger partial charge in [0.2, 0.25) is 5.88 Å². The number of hydrogen-bond donors (Lipinski definition) is 1. The van der Waals surface area contributed by atoms with E-state index in [9.17, 15) is 5.11 Å². The zero-order valence-corrected chi connectivity index (χ0v) is 8.92. The minimum Gasteiger partial charge on any atom is -0.481 e. The van der Waals surface area contributed by atoms with Gasteiger partial charge in [-0.3, -0.25) is 0 Å². The fourth-order valence-corrected chi connectivity index (χ4v) is 1.56. The number of rotatable bonds is 3. The number of methoxy groups -OCH3 is 1. The van der Waals surface area contributed by atoms with Crippen molar-refractivity contribution in [1.82, 2.24) is 9.97 Å². The molecule has 0 amide bonds. The van der Waals surface area contributed by atoms with Crippen LogP contribution in [-0.4, -0.2) is 22.2 Å². The fraction of sp³-hybridized carbons (Fsp3) is 0.167. The summed E-state index contributed by atoms with van der Waals surface area (Å²) in [6, 6.07) is 9.64. The van der Waals surface area contributed by atoms with Gasteiger partial charge < -0.3 is 9.84 Å². The molecule has 1 aromatic carbocycles. The fourth-order valence-electron chi connectivity index (χ4n) is 1.56. The molecule has 1 heterocycles. The average molecular weight is 216 g/mol. The second kappa shape index (κ2) is 4.72. The molecule has 16 heavy (non-hydrogen) atoms. The average Bonchev–Trinajstić information content (AvgIpc) is 2.38. The van der Waals surface area contributed by atoms with Gasteiger partial charge in [0.1, 0.15) is 6.33 Å². The summed E-state index contributed by atoms with van der Waals surface area (Å²) in [5.74, 6) is 0.413. The highest BCUT2D eigenvalue weighted by molar-refractivity contribution is 5.64. The van der Waals surface area contributed by atoms with E-state index < -0.39 is 0 Å². The number of aliphatic hydroxyl groups is 1. The first-order valence-electron chi connectivity index (χ1n) is 4.91. The molecular weight excluding hydrogens is 204 g/mol. The number of nitrogens with zero attached hydrogens (tertiary/aromatic N) is 2. The predicted molar refractivity (Wildman–Crippen MR) is 59.9 cm³/mol. The van der Waals surface area contributed by atoms with Crippen LogP contribution in [0.1, 0.15) is 5.56 Å². The second-order valence-electron chi connectivity index (χ2n) is 3.23. The maximum atomic E-state index is 9.33. The summed E-state index contributed by atoms with van der Waals surface area (Å²) in [4.78, 5) is 8.14. The first kappa shape index (κ1) is 10.6. The molecular formula is C12H12N2O2. The third kappa shape index (κ3) is 1.87. The van der Waals surface area contributed by atoms with Gasteiger partial charge in [0.15, 0.2) is 0 Å². The van der Waals surface area contributed by atoms with Crippen LogP contribution < -0.4 is 4.74 Å². The Labute approximate surface area is 93.6 Å². The molecule has 0 saturated carbocycles. The minimum absolute atomic E-state index is 0.145. The summed E-state index contributed by atoms with van der Waals surface area (Å²) in [5, 5.41) is 9.33. The lowest BCUT2D eigenvalue weighted by Gasteiger charge is -2.09. The van der Waals surface area contributed by atoms with Crippen LogP contribution in [0, 0.1) is 0 Å². The van der Waals surface area contributed by atoms with Gasteiger partial charge in [-0.05, 0) is 0 Å². The summed E-state index contributed by atoms with van der Waals surface area (Å²) in [6.45, 7) is -0.145. The molecule has 0 fully saturated rings. The zero-order chi connectivity index (χ0) is 11.4. The number of ether oxygens (including phenoxy) is 1. The summed E-state index contributed by atoms with van der Waals surface area (Å²) in [7, 11) is 1.52. The Hall–Kier alpha value is -1.94. The molecule has 2 rings (SSSR count). The van der Waals surface area contributed by atoms with E-state index in [-0.39, 0.29) is 6.61 Å². The molecule has 4 heteroatoms. The lowest BCUT2D eigenvalue weighted by atomic mass is 10.1. The van der Waals surface area contributed by atoms with Gasteiger partial charge in [-0.15, -0.1) is 0 Å². The van der Waals surface area contributed by atoms with Crippen molar-refractivity contribution in [2.24, 2.45) is 0 Å². The van der Waals surface area contributed by atoms with Gasteiger partial charge in [-0.25, -0.2) is 9.97 Å². The normalized spacial score (nSPS) is 10.1. The molecule has 2 aromatic rings. The van der Waals surface area contributed by atoms with Crippen LogP contribution in [-0.2, 0) is 6.61 Å². The van der Waals surface area contributed by atoms with Crippen molar-refractivity contribution in [3.05, 3.63) is 42.2 Å². The molecule has 0 bridgehead atoms. The standard InChI is InChI=1S/C12H12N2O2/c1-16-12-10(7-15)11(13-8-14-12)9-5-3-2-4-6-9/h2-6,8,15H,7H2,1H3. The topological polar surface area (TPSA) is 55.2 Å². The van der Waals surface area contributed by atoms with E-state index in [1.165, 1.54) is 13.4 Å². The molecule has 0 spiro atoms. The summed E-state index contributed by atoms with van der Waals surface area (Å²) in [6.07, 6.45) is 1.43. The molecule has 1 aromatic heterocycles. The van der Waals surface area contributed by atoms with Gasteiger partial charge in [-0.2, -0.15) is 0 Å². The first-order chi connectivity index (χ1) is 7.86. The molecule has 0 unspecified atom stereocenters. The lowest BCUT2D eigenvalue weighted by molar-refractivity contribution is 0.271. The van der Waals surface area contributed by atoms with E-state index in [1.807, 2.05) is 30.3 Å². The quantitative estimate of drug-likeness (QED) is 0.847. The van der Waals surface area contributed by atoms with Crippen molar-refractivity contribution in [1.29, 1.82) is 0 Å². The van der Waals surface area contributed by atoms with Crippen LogP contribution >= 0.6 is 0 Å². The lowest BCUT2D eigenvalue weighted by Crippen LogP contribution is -2.00. The molecule has 0 aliphatic heterocycles. The monoisotopic (exact) mass is 216 g/mol. The molecule has 0 aliphatic carbocycles. The molecule has 4 nitrogen and oxygen atoms in total. The summed E-state index contributed by atoms with van der Waals surface area (Å²) < 4.78 is 5.09.